The molecule has 114 valence electrons. The van der Waals surface area contributed by atoms with Crippen LogP contribution in [-0.2, 0) is 10.5 Å². The van der Waals surface area contributed by atoms with E-state index in [1.807, 2.05) is 30.3 Å². The lowest BCUT2D eigenvalue weighted by atomic mass is 10.1. The number of carbonyl (C=O) groups excluding carboxylic acids is 1. The standard InChI is InChI=1S/C16H15NO4S/c18-12-6-7-14(13(8-12)16(20)21)17-15(19)10-22-9-11-4-2-1-3-5-11/h1-8,18H,9-10H2,(H,17,19)(H,20,21)/p-1. The van der Waals surface area contributed by atoms with E-state index in [-0.39, 0.29) is 22.9 Å². The van der Waals surface area contributed by atoms with Crippen LogP contribution in [0.4, 0.5) is 5.69 Å². The molecule has 22 heavy (non-hydrogen) atoms. The summed E-state index contributed by atoms with van der Waals surface area (Å²) in [4.78, 5) is 22.9. The van der Waals surface area contributed by atoms with Crippen LogP contribution in [-0.4, -0.2) is 22.7 Å². The van der Waals surface area contributed by atoms with Gasteiger partial charge in [0.05, 0.1) is 17.0 Å². The van der Waals surface area contributed by atoms with Crippen molar-refractivity contribution in [2.75, 3.05) is 11.1 Å². The van der Waals surface area contributed by atoms with Crippen molar-refractivity contribution in [3.8, 4) is 5.75 Å². The van der Waals surface area contributed by atoms with E-state index in [0.717, 1.165) is 11.6 Å². The molecule has 0 aliphatic heterocycles. The highest BCUT2D eigenvalue weighted by Gasteiger charge is 2.12. The zero-order chi connectivity index (χ0) is 15.9. The molecule has 0 saturated heterocycles. The highest BCUT2D eigenvalue weighted by atomic mass is 32.2. The molecule has 0 aliphatic carbocycles. The molecule has 0 spiro atoms. The minimum atomic E-state index is -1.25. The van der Waals surface area contributed by atoms with Gasteiger partial charge >= 0.3 is 5.97 Å². The van der Waals surface area contributed by atoms with Gasteiger partial charge < -0.3 is 15.5 Å². The van der Waals surface area contributed by atoms with Crippen LogP contribution in [0.15, 0.2) is 48.5 Å². The quantitative estimate of drug-likeness (QED) is 0.853. The summed E-state index contributed by atoms with van der Waals surface area (Å²) < 4.78 is 0. The molecule has 1 amide bonds. The average molecular weight is 316 g/mol. The predicted molar refractivity (Wildman–Crippen MR) is 84.1 cm³/mol. The lowest BCUT2D eigenvalue weighted by Gasteiger charge is -2.12. The van der Waals surface area contributed by atoms with Crippen molar-refractivity contribution in [3.63, 3.8) is 0 Å². The minimum absolute atomic E-state index is 0.136. The van der Waals surface area contributed by atoms with E-state index in [4.69, 9.17) is 5.11 Å². The predicted octanol–water partition coefficient (Wildman–Crippen LogP) is 2.33. The van der Waals surface area contributed by atoms with Crippen LogP contribution in [0, 0.1) is 0 Å². The molecule has 0 radical (unpaired) electrons. The van der Waals surface area contributed by atoms with Crippen LogP contribution in [0.2, 0.25) is 0 Å². The molecule has 0 aromatic heterocycles. The summed E-state index contributed by atoms with van der Waals surface area (Å²) >= 11 is 1.43. The number of aromatic carboxylic acids is 1. The Morgan fingerprint density at radius 2 is 1.86 bits per heavy atom. The van der Waals surface area contributed by atoms with Gasteiger partial charge in [0.15, 0.2) is 0 Å². The lowest BCUT2D eigenvalue weighted by Crippen LogP contribution is -2.17. The maximum Gasteiger partial charge on any atom is 0.337 e. The smallest absolute Gasteiger partial charge is 0.337 e. The Kier molecular flexibility index (Phi) is 5.43. The highest BCUT2D eigenvalue weighted by molar-refractivity contribution is 7.99. The Morgan fingerprint density at radius 1 is 1.14 bits per heavy atom. The average Bonchev–Trinajstić information content (AvgIpc) is 2.50. The maximum atomic E-state index is 11.9. The SMILES string of the molecule is O=C(CSCc1ccccc1)Nc1ccc([O-])cc1C(=O)O. The first kappa shape index (κ1) is 15.9. The summed E-state index contributed by atoms with van der Waals surface area (Å²) in [6.07, 6.45) is 0. The fraction of sp³-hybridized carbons (Fsp3) is 0.125. The fourth-order valence-corrected chi connectivity index (χ4v) is 2.62. The van der Waals surface area contributed by atoms with E-state index in [1.54, 1.807) is 0 Å². The van der Waals surface area contributed by atoms with Crippen molar-refractivity contribution in [1.29, 1.82) is 0 Å². The van der Waals surface area contributed by atoms with E-state index < -0.39 is 11.7 Å². The van der Waals surface area contributed by atoms with E-state index in [1.165, 1.54) is 23.9 Å². The van der Waals surface area contributed by atoms with Gasteiger partial charge in [-0.2, -0.15) is 0 Å². The first-order chi connectivity index (χ1) is 10.6. The van der Waals surface area contributed by atoms with Crippen LogP contribution < -0.4 is 10.4 Å². The number of anilines is 1. The molecule has 0 bridgehead atoms. The number of carbonyl (C=O) groups is 2. The Hall–Kier alpha value is -2.47. The van der Waals surface area contributed by atoms with Gasteiger partial charge in [0.2, 0.25) is 5.91 Å². The van der Waals surface area contributed by atoms with Gasteiger partial charge in [0.1, 0.15) is 0 Å². The van der Waals surface area contributed by atoms with E-state index >= 15 is 0 Å². The van der Waals surface area contributed by atoms with Gasteiger partial charge in [-0.3, -0.25) is 4.79 Å². The molecule has 6 heteroatoms. The molecule has 0 fully saturated rings. The largest absolute Gasteiger partial charge is 0.872 e. The Morgan fingerprint density at radius 3 is 2.55 bits per heavy atom. The molecular weight excluding hydrogens is 302 g/mol. The fourth-order valence-electron chi connectivity index (χ4n) is 1.83. The van der Waals surface area contributed by atoms with E-state index in [0.29, 0.717) is 5.75 Å². The van der Waals surface area contributed by atoms with Gasteiger partial charge in [-0.1, -0.05) is 42.5 Å². The topological polar surface area (TPSA) is 89.5 Å². The van der Waals surface area contributed by atoms with Gasteiger partial charge in [0, 0.05) is 5.75 Å². The number of benzene rings is 2. The molecule has 0 heterocycles. The summed E-state index contributed by atoms with van der Waals surface area (Å²) in [5.41, 5.74) is 1.05. The van der Waals surface area contributed by atoms with Crippen molar-refractivity contribution < 1.29 is 19.8 Å². The zero-order valence-electron chi connectivity index (χ0n) is 11.6. The van der Waals surface area contributed by atoms with E-state index in [2.05, 4.69) is 5.32 Å². The van der Waals surface area contributed by atoms with Crippen molar-refractivity contribution in [3.05, 3.63) is 59.7 Å². The van der Waals surface area contributed by atoms with Crippen LogP contribution >= 0.6 is 11.8 Å². The molecule has 2 rings (SSSR count). The second-order valence-corrected chi connectivity index (χ2v) is 5.52. The lowest BCUT2D eigenvalue weighted by molar-refractivity contribution is -0.268. The van der Waals surface area contributed by atoms with Gasteiger partial charge in [-0.15, -0.1) is 17.5 Å². The third-order valence-electron chi connectivity index (χ3n) is 2.84. The number of hydrogen-bond donors (Lipinski definition) is 2. The van der Waals surface area contributed by atoms with Crippen molar-refractivity contribution in [2.24, 2.45) is 0 Å². The molecule has 2 N–H and O–H groups in total. The first-order valence-electron chi connectivity index (χ1n) is 6.52. The van der Waals surface area contributed by atoms with Gasteiger partial charge in [-0.05, 0) is 11.6 Å². The molecule has 0 atom stereocenters. The number of carboxylic acids is 1. The summed E-state index contributed by atoms with van der Waals surface area (Å²) in [5.74, 6) is -1.06. The minimum Gasteiger partial charge on any atom is -0.872 e. The number of amides is 1. The zero-order valence-corrected chi connectivity index (χ0v) is 12.4. The summed E-state index contributed by atoms with van der Waals surface area (Å²) in [7, 11) is 0. The van der Waals surface area contributed by atoms with Crippen LogP contribution in [0.1, 0.15) is 15.9 Å². The third-order valence-corrected chi connectivity index (χ3v) is 3.84. The molecule has 0 unspecified atom stereocenters. The number of carboxylic acid groups (broad SMARTS) is 1. The summed E-state index contributed by atoms with van der Waals surface area (Å²) in [5, 5.41) is 22.7. The number of thioether (sulfide) groups is 1. The van der Waals surface area contributed by atoms with Crippen molar-refractivity contribution in [2.45, 2.75) is 5.75 Å². The third kappa shape index (κ3) is 4.53. The van der Waals surface area contributed by atoms with Gasteiger partial charge in [0.25, 0.3) is 0 Å². The Balaban J connectivity index is 1.91. The Bertz CT molecular complexity index is 673. The molecule has 2 aromatic rings. The van der Waals surface area contributed by atoms with Crippen LogP contribution in [0.25, 0.3) is 0 Å². The first-order valence-corrected chi connectivity index (χ1v) is 7.67. The normalized spacial score (nSPS) is 10.2. The number of nitrogens with one attached hydrogen (secondary N) is 1. The van der Waals surface area contributed by atoms with Crippen LogP contribution in [0.3, 0.4) is 0 Å². The molecule has 0 saturated carbocycles. The second-order valence-electron chi connectivity index (χ2n) is 4.54. The number of rotatable bonds is 6. The summed E-state index contributed by atoms with van der Waals surface area (Å²) in [6, 6.07) is 13.3. The molecule has 2 aromatic carbocycles. The molecular formula is C16H14NO4S-. The number of hydrogen-bond acceptors (Lipinski definition) is 4. The molecule has 5 nitrogen and oxygen atoms in total. The summed E-state index contributed by atoms with van der Waals surface area (Å²) in [6.45, 7) is 0. The molecule has 0 aliphatic rings. The van der Waals surface area contributed by atoms with Crippen molar-refractivity contribution in [1.82, 2.24) is 0 Å². The highest BCUT2D eigenvalue weighted by Crippen LogP contribution is 2.20. The Labute approximate surface area is 132 Å². The van der Waals surface area contributed by atoms with E-state index in [9.17, 15) is 14.7 Å². The second kappa shape index (κ2) is 7.51. The van der Waals surface area contributed by atoms with Gasteiger partial charge in [-0.25, -0.2) is 4.79 Å². The maximum absolute atomic E-state index is 11.9. The van der Waals surface area contributed by atoms with Crippen molar-refractivity contribution >= 4 is 29.3 Å². The monoisotopic (exact) mass is 316 g/mol. The van der Waals surface area contributed by atoms with Crippen LogP contribution in [0.5, 0.6) is 5.75 Å².